The Morgan fingerprint density at radius 1 is 1.50 bits per heavy atom. The molecule has 2 aliphatic rings. The average Bonchev–Trinajstić information content (AvgIpc) is 2.88. The lowest BCUT2D eigenvalue weighted by Crippen LogP contribution is -2.30. The standard InChI is InChI=1S/C10H10O4/c1-5(11)2-3-6-4-7(12)9-10(14-9)8(6)13/h4,7-10,12-13H,1H3/t7-,8+,9+,10-/m0/s1. The van der Waals surface area contributed by atoms with Gasteiger partial charge in [0.1, 0.15) is 24.4 Å². The predicted molar refractivity (Wildman–Crippen MR) is 47.2 cm³/mol. The van der Waals surface area contributed by atoms with Crippen molar-refractivity contribution in [3.8, 4) is 11.8 Å². The van der Waals surface area contributed by atoms with Crippen molar-refractivity contribution in [1.29, 1.82) is 0 Å². The fourth-order valence-corrected chi connectivity index (χ4v) is 1.50. The Morgan fingerprint density at radius 2 is 2.21 bits per heavy atom. The molecular weight excluding hydrogens is 184 g/mol. The lowest BCUT2D eigenvalue weighted by atomic mass is 9.95. The van der Waals surface area contributed by atoms with Crippen molar-refractivity contribution in [2.24, 2.45) is 0 Å². The number of Topliss-reactive ketones (excluding diaryl/α,β-unsaturated/α-hetero) is 1. The Kier molecular flexibility index (Phi) is 2.16. The van der Waals surface area contributed by atoms with Crippen molar-refractivity contribution in [1.82, 2.24) is 0 Å². The molecule has 1 heterocycles. The molecular formula is C10H10O4. The number of epoxide rings is 1. The van der Waals surface area contributed by atoms with E-state index in [1.807, 2.05) is 0 Å². The van der Waals surface area contributed by atoms with E-state index in [4.69, 9.17) is 4.74 Å². The molecule has 0 unspecified atom stereocenters. The third-order valence-corrected chi connectivity index (χ3v) is 2.26. The number of fused-ring (bicyclic) bond motifs is 1. The van der Waals surface area contributed by atoms with Crippen molar-refractivity contribution in [2.45, 2.75) is 31.3 Å². The molecule has 0 saturated carbocycles. The van der Waals surface area contributed by atoms with Gasteiger partial charge in [0, 0.05) is 12.5 Å². The molecule has 0 aromatic rings. The van der Waals surface area contributed by atoms with E-state index in [-0.39, 0.29) is 18.0 Å². The van der Waals surface area contributed by atoms with Crippen LogP contribution in [0.5, 0.6) is 0 Å². The van der Waals surface area contributed by atoms with E-state index in [1.165, 1.54) is 13.0 Å². The van der Waals surface area contributed by atoms with Gasteiger partial charge in [-0.25, -0.2) is 0 Å². The summed E-state index contributed by atoms with van der Waals surface area (Å²) in [6.45, 7) is 1.34. The molecule has 1 saturated heterocycles. The average molecular weight is 194 g/mol. The van der Waals surface area contributed by atoms with E-state index in [9.17, 15) is 15.0 Å². The molecule has 0 bridgehead atoms. The molecule has 4 nitrogen and oxygen atoms in total. The number of hydrogen-bond acceptors (Lipinski definition) is 4. The SMILES string of the molecule is CC(=O)C#CC1=C[C@H](O)[C@H]2O[C@H]2[C@@H]1O. The minimum Gasteiger partial charge on any atom is -0.386 e. The van der Waals surface area contributed by atoms with Crippen molar-refractivity contribution in [2.75, 3.05) is 0 Å². The fourth-order valence-electron chi connectivity index (χ4n) is 1.50. The van der Waals surface area contributed by atoms with Gasteiger partial charge in [-0.2, -0.15) is 0 Å². The highest BCUT2D eigenvalue weighted by molar-refractivity contribution is 5.93. The van der Waals surface area contributed by atoms with E-state index in [2.05, 4.69) is 11.8 Å². The molecule has 1 fully saturated rings. The summed E-state index contributed by atoms with van der Waals surface area (Å²) >= 11 is 0. The van der Waals surface area contributed by atoms with Crippen LogP contribution >= 0.6 is 0 Å². The number of ether oxygens (including phenoxy) is 1. The lowest BCUT2D eigenvalue weighted by molar-refractivity contribution is -0.111. The lowest BCUT2D eigenvalue weighted by Gasteiger charge is -2.14. The Morgan fingerprint density at radius 3 is 2.86 bits per heavy atom. The number of carbonyl (C=O) groups excluding carboxylic acids is 1. The second kappa shape index (κ2) is 3.21. The largest absolute Gasteiger partial charge is 0.386 e. The minimum atomic E-state index is -0.810. The molecule has 2 N–H and O–H groups in total. The van der Waals surface area contributed by atoms with Crippen molar-refractivity contribution >= 4 is 5.78 Å². The first-order valence-electron chi connectivity index (χ1n) is 4.35. The third kappa shape index (κ3) is 1.58. The molecule has 14 heavy (non-hydrogen) atoms. The van der Waals surface area contributed by atoms with Crippen LogP contribution in [0, 0.1) is 11.8 Å². The Balaban J connectivity index is 2.19. The summed E-state index contributed by atoms with van der Waals surface area (Å²) in [7, 11) is 0. The van der Waals surface area contributed by atoms with Crippen molar-refractivity contribution in [3.63, 3.8) is 0 Å². The molecule has 4 heteroatoms. The number of ketones is 1. The van der Waals surface area contributed by atoms with E-state index in [1.54, 1.807) is 0 Å². The molecule has 1 aliphatic heterocycles. The molecule has 0 amide bonds. The summed E-state index contributed by atoms with van der Waals surface area (Å²) in [5, 5.41) is 19.0. The van der Waals surface area contributed by atoms with Crippen LogP contribution in [0.25, 0.3) is 0 Å². The van der Waals surface area contributed by atoms with Gasteiger partial charge in [0.05, 0.1) is 0 Å². The summed E-state index contributed by atoms with van der Waals surface area (Å²) in [5.41, 5.74) is 0.367. The van der Waals surface area contributed by atoms with Gasteiger partial charge in [-0.1, -0.05) is 5.92 Å². The predicted octanol–water partition coefficient (Wildman–Crippen LogP) is -0.992. The van der Waals surface area contributed by atoms with Crippen LogP contribution < -0.4 is 0 Å². The van der Waals surface area contributed by atoms with E-state index in [0.29, 0.717) is 5.57 Å². The van der Waals surface area contributed by atoms with Crippen LogP contribution in [0.15, 0.2) is 11.6 Å². The molecule has 0 aromatic carbocycles. The fraction of sp³-hybridized carbons (Fsp3) is 0.500. The Bertz CT molecular complexity index is 360. The van der Waals surface area contributed by atoms with Gasteiger partial charge in [-0.15, -0.1) is 0 Å². The second-order valence-electron chi connectivity index (χ2n) is 3.43. The number of hydrogen-bond donors (Lipinski definition) is 2. The number of carbonyl (C=O) groups is 1. The number of rotatable bonds is 0. The van der Waals surface area contributed by atoms with E-state index >= 15 is 0 Å². The van der Waals surface area contributed by atoms with Crippen molar-refractivity contribution < 1.29 is 19.7 Å². The first-order valence-corrected chi connectivity index (χ1v) is 4.35. The second-order valence-corrected chi connectivity index (χ2v) is 3.43. The van der Waals surface area contributed by atoms with Gasteiger partial charge in [0.15, 0.2) is 0 Å². The Labute approximate surface area is 81.2 Å². The van der Waals surface area contributed by atoms with Gasteiger partial charge >= 0.3 is 0 Å². The maximum atomic E-state index is 10.6. The maximum Gasteiger partial charge on any atom is 0.202 e. The van der Waals surface area contributed by atoms with Gasteiger partial charge in [-0.3, -0.25) is 4.79 Å². The molecule has 0 aromatic heterocycles. The molecule has 1 aliphatic carbocycles. The summed E-state index contributed by atoms with van der Waals surface area (Å²) < 4.78 is 5.03. The first-order chi connectivity index (χ1) is 6.59. The van der Waals surface area contributed by atoms with Gasteiger partial charge < -0.3 is 14.9 Å². The highest BCUT2D eigenvalue weighted by Crippen LogP contribution is 2.36. The molecule has 74 valence electrons. The highest BCUT2D eigenvalue weighted by Gasteiger charge is 2.52. The van der Waals surface area contributed by atoms with Gasteiger partial charge in [0.25, 0.3) is 0 Å². The summed E-state index contributed by atoms with van der Waals surface area (Å²) in [6.07, 6.45) is -0.747. The zero-order valence-electron chi connectivity index (χ0n) is 7.60. The van der Waals surface area contributed by atoms with Gasteiger partial charge in [-0.05, 0) is 12.0 Å². The van der Waals surface area contributed by atoms with Gasteiger partial charge in [0.2, 0.25) is 5.78 Å². The molecule has 0 spiro atoms. The first kappa shape index (κ1) is 9.41. The topological polar surface area (TPSA) is 70.1 Å². The quantitative estimate of drug-likeness (QED) is 0.295. The minimum absolute atomic E-state index is 0.272. The van der Waals surface area contributed by atoms with Crippen LogP contribution in [0.3, 0.4) is 0 Å². The highest BCUT2D eigenvalue weighted by atomic mass is 16.6. The third-order valence-electron chi connectivity index (χ3n) is 2.26. The zero-order valence-corrected chi connectivity index (χ0v) is 7.60. The maximum absolute atomic E-state index is 10.6. The molecule has 2 rings (SSSR count). The summed E-state index contributed by atoms with van der Waals surface area (Å²) in [5.74, 6) is 4.58. The van der Waals surface area contributed by atoms with Crippen LogP contribution in [-0.4, -0.2) is 40.4 Å². The zero-order chi connectivity index (χ0) is 10.3. The van der Waals surface area contributed by atoms with Crippen LogP contribution in [-0.2, 0) is 9.53 Å². The van der Waals surface area contributed by atoms with Crippen LogP contribution in [0.4, 0.5) is 0 Å². The van der Waals surface area contributed by atoms with Crippen molar-refractivity contribution in [3.05, 3.63) is 11.6 Å². The number of aliphatic hydroxyl groups is 2. The summed E-state index contributed by atoms with van der Waals surface area (Å²) in [4.78, 5) is 10.6. The summed E-state index contributed by atoms with van der Waals surface area (Å²) in [6, 6.07) is 0. The normalized spacial score (nSPS) is 38.9. The smallest absolute Gasteiger partial charge is 0.202 e. The van der Waals surface area contributed by atoms with E-state index < -0.39 is 12.2 Å². The monoisotopic (exact) mass is 194 g/mol. The molecule has 4 atom stereocenters. The Hall–Kier alpha value is -1.15. The number of aliphatic hydroxyl groups excluding tert-OH is 2. The molecule has 0 radical (unpaired) electrons. The van der Waals surface area contributed by atoms with Crippen LogP contribution in [0.1, 0.15) is 6.92 Å². The van der Waals surface area contributed by atoms with Crippen LogP contribution in [0.2, 0.25) is 0 Å². The van der Waals surface area contributed by atoms with E-state index in [0.717, 1.165) is 0 Å².